The maximum atomic E-state index is 11.9. The van der Waals surface area contributed by atoms with Crippen LogP contribution in [0.1, 0.15) is 17.5 Å². The maximum absolute atomic E-state index is 11.9. The van der Waals surface area contributed by atoms with Gasteiger partial charge < -0.3 is 10.1 Å². The van der Waals surface area contributed by atoms with Crippen molar-refractivity contribution < 1.29 is 22.7 Å². The molecule has 1 aromatic carbocycles. The van der Waals surface area contributed by atoms with E-state index in [9.17, 15) is 18.0 Å². The lowest BCUT2D eigenvalue weighted by molar-refractivity contribution is -0.127. The first-order valence-electron chi connectivity index (χ1n) is 6.48. The third-order valence-corrected chi connectivity index (χ3v) is 3.09. The number of nitrogens with one attached hydrogen (secondary N) is 1. The van der Waals surface area contributed by atoms with Crippen LogP contribution in [-0.4, -0.2) is 31.7 Å². The molecular weight excluding hydrogens is 271 g/mol. The fraction of sp³-hybridized carbons (Fsp3) is 0.500. The van der Waals surface area contributed by atoms with Gasteiger partial charge in [-0.15, -0.1) is 0 Å². The number of halogens is 3. The lowest BCUT2D eigenvalue weighted by Gasteiger charge is -2.08. The molecule has 1 aromatic rings. The van der Waals surface area contributed by atoms with Crippen LogP contribution in [0.3, 0.4) is 0 Å². The van der Waals surface area contributed by atoms with Crippen LogP contribution >= 0.6 is 0 Å². The fourth-order valence-corrected chi connectivity index (χ4v) is 2.11. The summed E-state index contributed by atoms with van der Waals surface area (Å²) in [6.07, 6.45) is -2.63. The molecule has 2 rings (SSSR count). The quantitative estimate of drug-likeness (QED) is 0.872. The third-order valence-electron chi connectivity index (χ3n) is 3.09. The van der Waals surface area contributed by atoms with Crippen molar-refractivity contribution in [2.24, 2.45) is 0 Å². The SMILES string of the molecule is O=C(CCc1ccc2c(c1)CCO2)CNCC(F)(F)F. The van der Waals surface area contributed by atoms with E-state index in [0.29, 0.717) is 13.0 Å². The van der Waals surface area contributed by atoms with E-state index in [-0.39, 0.29) is 18.7 Å². The second-order valence-corrected chi connectivity index (χ2v) is 4.80. The van der Waals surface area contributed by atoms with Gasteiger partial charge >= 0.3 is 6.18 Å². The van der Waals surface area contributed by atoms with E-state index < -0.39 is 12.7 Å². The summed E-state index contributed by atoms with van der Waals surface area (Å²) in [6.45, 7) is -0.693. The molecule has 0 atom stereocenters. The van der Waals surface area contributed by atoms with E-state index in [4.69, 9.17) is 4.74 Å². The Morgan fingerprint density at radius 3 is 2.90 bits per heavy atom. The molecule has 0 spiro atoms. The van der Waals surface area contributed by atoms with Gasteiger partial charge in [-0.05, 0) is 23.6 Å². The number of carbonyl (C=O) groups excluding carboxylic acids is 1. The number of hydrogen-bond donors (Lipinski definition) is 1. The molecule has 20 heavy (non-hydrogen) atoms. The summed E-state index contributed by atoms with van der Waals surface area (Å²) in [5, 5.41) is 2.11. The molecule has 0 bridgehead atoms. The lowest BCUT2D eigenvalue weighted by Crippen LogP contribution is -2.32. The Bertz CT molecular complexity index is 486. The van der Waals surface area contributed by atoms with Gasteiger partial charge in [-0.25, -0.2) is 0 Å². The van der Waals surface area contributed by atoms with Crippen LogP contribution in [0.5, 0.6) is 5.75 Å². The number of benzene rings is 1. The van der Waals surface area contributed by atoms with E-state index in [0.717, 1.165) is 23.3 Å². The van der Waals surface area contributed by atoms with Crippen LogP contribution in [0.15, 0.2) is 18.2 Å². The Morgan fingerprint density at radius 2 is 2.15 bits per heavy atom. The minimum absolute atomic E-state index is 0.217. The van der Waals surface area contributed by atoms with Crippen LogP contribution in [0.25, 0.3) is 0 Å². The highest BCUT2D eigenvalue weighted by Crippen LogP contribution is 2.26. The van der Waals surface area contributed by atoms with Crippen LogP contribution in [0, 0.1) is 0 Å². The van der Waals surface area contributed by atoms with Crippen LogP contribution < -0.4 is 10.1 Å². The van der Waals surface area contributed by atoms with Gasteiger partial charge in [0.2, 0.25) is 0 Å². The maximum Gasteiger partial charge on any atom is 0.401 e. The summed E-state index contributed by atoms with van der Waals surface area (Å²) in [5.74, 6) is 0.665. The van der Waals surface area contributed by atoms with Gasteiger partial charge in [-0.1, -0.05) is 12.1 Å². The Morgan fingerprint density at radius 1 is 1.35 bits per heavy atom. The zero-order chi connectivity index (χ0) is 14.6. The summed E-state index contributed by atoms with van der Waals surface area (Å²) >= 11 is 0. The number of Topliss-reactive ketones (excluding diaryl/α,β-unsaturated/α-hetero) is 1. The number of alkyl halides is 3. The second-order valence-electron chi connectivity index (χ2n) is 4.80. The summed E-state index contributed by atoms with van der Waals surface area (Å²) in [7, 11) is 0. The van der Waals surface area contributed by atoms with E-state index in [1.165, 1.54) is 0 Å². The molecule has 3 nitrogen and oxygen atoms in total. The van der Waals surface area contributed by atoms with Crippen LogP contribution in [0.4, 0.5) is 13.2 Å². The monoisotopic (exact) mass is 287 g/mol. The predicted molar refractivity (Wildman–Crippen MR) is 67.9 cm³/mol. The Balaban J connectivity index is 1.73. The predicted octanol–water partition coefficient (Wildman–Crippen LogP) is 2.28. The van der Waals surface area contributed by atoms with Crippen molar-refractivity contribution in [2.75, 3.05) is 19.7 Å². The van der Waals surface area contributed by atoms with Crippen molar-refractivity contribution in [1.29, 1.82) is 0 Å². The number of hydrogen-bond acceptors (Lipinski definition) is 3. The number of aryl methyl sites for hydroxylation is 1. The Labute approximate surface area is 115 Å². The van der Waals surface area contributed by atoms with Crippen LogP contribution in [0.2, 0.25) is 0 Å². The van der Waals surface area contributed by atoms with Crippen molar-refractivity contribution >= 4 is 5.78 Å². The first-order chi connectivity index (χ1) is 9.44. The summed E-state index contributed by atoms with van der Waals surface area (Å²) in [6, 6.07) is 5.77. The molecule has 0 aromatic heterocycles. The van der Waals surface area contributed by atoms with Gasteiger partial charge in [-0.3, -0.25) is 4.79 Å². The topological polar surface area (TPSA) is 38.3 Å². The number of rotatable bonds is 6. The first kappa shape index (κ1) is 14.8. The highest BCUT2D eigenvalue weighted by Gasteiger charge is 2.26. The van der Waals surface area contributed by atoms with Gasteiger partial charge in [0.05, 0.1) is 19.7 Å². The second kappa shape index (κ2) is 6.26. The zero-order valence-corrected chi connectivity index (χ0v) is 10.9. The molecule has 0 aliphatic carbocycles. The molecule has 0 fully saturated rings. The van der Waals surface area contributed by atoms with Gasteiger partial charge in [0.1, 0.15) is 11.5 Å². The van der Waals surface area contributed by atoms with Crippen molar-refractivity contribution in [3.05, 3.63) is 29.3 Å². The molecule has 0 saturated heterocycles. The molecule has 0 saturated carbocycles. The fourth-order valence-electron chi connectivity index (χ4n) is 2.11. The zero-order valence-electron chi connectivity index (χ0n) is 10.9. The van der Waals surface area contributed by atoms with Crippen molar-refractivity contribution in [1.82, 2.24) is 5.32 Å². The van der Waals surface area contributed by atoms with Gasteiger partial charge in [-0.2, -0.15) is 13.2 Å². The minimum Gasteiger partial charge on any atom is -0.493 e. The van der Waals surface area contributed by atoms with E-state index in [1.54, 1.807) is 0 Å². The third kappa shape index (κ3) is 4.52. The molecule has 1 heterocycles. The average molecular weight is 287 g/mol. The highest BCUT2D eigenvalue weighted by atomic mass is 19.4. The minimum atomic E-state index is -4.28. The smallest absolute Gasteiger partial charge is 0.401 e. The standard InChI is InChI=1S/C14H16F3NO2/c15-14(16,17)9-18-8-12(19)3-1-10-2-4-13-11(7-10)5-6-20-13/h2,4,7,18H,1,3,5-6,8-9H2. The Kier molecular flexibility index (Phi) is 4.65. The molecule has 0 amide bonds. The number of ketones is 1. The van der Waals surface area contributed by atoms with Gasteiger partial charge in [0, 0.05) is 12.8 Å². The number of carbonyl (C=O) groups is 1. The van der Waals surface area contributed by atoms with E-state index >= 15 is 0 Å². The largest absolute Gasteiger partial charge is 0.493 e. The van der Waals surface area contributed by atoms with Gasteiger partial charge in [0.15, 0.2) is 0 Å². The highest BCUT2D eigenvalue weighted by molar-refractivity contribution is 5.80. The molecular formula is C14H16F3NO2. The first-order valence-corrected chi connectivity index (χ1v) is 6.48. The normalized spacial score (nSPS) is 13.9. The molecule has 110 valence electrons. The number of ether oxygens (including phenoxy) is 1. The van der Waals surface area contributed by atoms with Crippen molar-refractivity contribution in [3.8, 4) is 5.75 Å². The molecule has 1 N–H and O–H groups in total. The summed E-state index contributed by atoms with van der Waals surface area (Å²) in [5.41, 5.74) is 2.14. The summed E-state index contributed by atoms with van der Waals surface area (Å²) in [4.78, 5) is 11.5. The molecule has 1 aliphatic heterocycles. The molecule has 0 unspecified atom stereocenters. The molecule has 0 radical (unpaired) electrons. The van der Waals surface area contributed by atoms with E-state index in [1.807, 2.05) is 18.2 Å². The number of fused-ring (bicyclic) bond motifs is 1. The molecule has 1 aliphatic rings. The average Bonchev–Trinajstić information content (AvgIpc) is 2.82. The van der Waals surface area contributed by atoms with E-state index in [2.05, 4.69) is 5.32 Å². The van der Waals surface area contributed by atoms with Gasteiger partial charge in [0.25, 0.3) is 0 Å². The Hall–Kier alpha value is -1.56. The molecule has 6 heteroatoms. The summed E-state index contributed by atoms with van der Waals surface area (Å²) < 4.78 is 41.1. The van der Waals surface area contributed by atoms with Crippen molar-refractivity contribution in [2.45, 2.75) is 25.4 Å². The van der Waals surface area contributed by atoms with Crippen molar-refractivity contribution in [3.63, 3.8) is 0 Å². The van der Waals surface area contributed by atoms with Crippen LogP contribution in [-0.2, 0) is 17.6 Å². The lowest BCUT2D eigenvalue weighted by atomic mass is 10.0.